The minimum atomic E-state index is -1.03. The van der Waals surface area contributed by atoms with Crippen molar-refractivity contribution in [3.05, 3.63) is 108 Å². The molecular weight excluding hydrogens is 644 g/mol. The molecule has 51 heavy (non-hydrogen) atoms. The lowest BCUT2D eigenvalue weighted by molar-refractivity contribution is -0.136. The predicted octanol–water partition coefficient (Wildman–Crippen LogP) is 6.75. The molecule has 0 aromatic heterocycles. The molecule has 4 aromatic rings. The van der Waals surface area contributed by atoms with Crippen LogP contribution in [-0.4, -0.2) is 65.3 Å². The van der Waals surface area contributed by atoms with Crippen LogP contribution in [0.5, 0.6) is 11.5 Å². The average molecular weight is 683 g/mol. The zero-order valence-electron chi connectivity index (χ0n) is 28.5. The van der Waals surface area contributed by atoms with E-state index < -0.39 is 23.9 Å². The maximum absolute atomic E-state index is 14.4. The Morgan fingerprint density at radius 2 is 1.55 bits per heavy atom. The van der Waals surface area contributed by atoms with Gasteiger partial charge in [-0.3, -0.25) is 19.4 Å². The summed E-state index contributed by atoms with van der Waals surface area (Å²) in [4.78, 5) is 43.2. The van der Waals surface area contributed by atoms with Crippen molar-refractivity contribution < 1.29 is 23.9 Å². The monoisotopic (exact) mass is 682 g/mol. The summed E-state index contributed by atoms with van der Waals surface area (Å²) >= 11 is 0. The molecule has 2 fully saturated rings. The van der Waals surface area contributed by atoms with Crippen LogP contribution in [0.15, 0.2) is 112 Å². The standard InChI is InChI=1S/C40H38N6O5/c1-3-50-29-19-15-25(16-20-29)23-28-11-7-13-32-35(28)42-46(37(32)27-17-21-30(22-18-27)51-4-2)34(47)24-44-38-36(41-43-44)39(48)45(40(38)49)33-14-8-10-26-9-5-6-12-31(26)33/h5-6,8-10,12,14-23,32,36-38H,3-4,7,11,13,24H2,1-2H3/b28-23+/t32-,36-,37+,38+/m0/s1. The molecule has 0 unspecified atom stereocenters. The predicted molar refractivity (Wildman–Crippen MR) is 193 cm³/mol. The highest BCUT2D eigenvalue weighted by molar-refractivity contribution is 6.27. The van der Waals surface area contributed by atoms with E-state index in [1.807, 2.05) is 98.8 Å². The Morgan fingerprint density at radius 1 is 0.843 bits per heavy atom. The number of anilines is 1. The summed E-state index contributed by atoms with van der Waals surface area (Å²) in [7, 11) is 0. The van der Waals surface area contributed by atoms with E-state index in [4.69, 9.17) is 14.6 Å². The van der Waals surface area contributed by atoms with E-state index in [-0.39, 0.29) is 24.4 Å². The maximum atomic E-state index is 14.4. The molecule has 258 valence electrons. The minimum Gasteiger partial charge on any atom is -0.494 e. The number of carbonyl (C=O) groups excluding carboxylic acids is 3. The molecule has 1 saturated heterocycles. The maximum Gasteiger partial charge on any atom is 0.264 e. The number of hydrazone groups is 1. The lowest BCUT2D eigenvalue weighted by atomic mass is 9.77. The van der Waals surface area contributed by atoms with E-state index in [9.17, 15) is 14.4 Å². The van der Waals surface area contributed by atoms with Crippen molar-refractivity contribution in [1.29, 1.82) is 0 Å². The van der Waals surface area contributed by atoms with Crippen LogP contribution < -0.4 is 14.4 Å². The smallest absolute Gasteiger partial charge is 0.264 e. The second kappa shape index (κ2) is 13.5. The van der Waals surface area contributed by atoms with Gasteiger partial charge in [0.05, 0.1) is 30.7 Å². The van der Waals surface area contributed by atoms with Crippen LogP contribution in [0.25, 0.3) is 16.8 Å². The number of imide groups is 1. The third-order valence-electron chi connectivity index (χ3n) is 9.98. The number of amides is 3. The number of nitrogens with zero attached hydrogens (tertiary/aromatic N) is 6. The molecule has 0 radical (unpaired) electrons. The highest BCUT2D eigenvalue weighted by Crippen LogP contribution is 2.45. The zero-order valence-corrected chi connectivity index (χ0v) is 28.5. The van der Waals surface area contributed by atoms with Crippen LogP contribution in [0.4, 0.5) is 5.69 Å². The Labute approximate surface area is 295 Å². The Hall–Kier alpha value is -5.84. The van der Waals surface area contributed by atoms with Gasteiger partial charge in [-0.25, -0.2) is 9.91 Å². The van der Waals surface area contributed by atoms with Gasteiger partial charge in [0.15, 0.2) is 12.1 Å². The van der Waals surface area contributed by atoms with Gasteiger partial charge in [0, 0.05) is 11.3 Å². The second-order valence-corrected chi connectivity index (χ2v) is 13.0. The molecule has 3 heterocycles. The van der Waals surface area contributed by atoms with Gasteiger partial charge in [-0.2, -0.15) is 10.2 Å². The number of hydrogen-bond acceptors (Lipinski definition) is 9. The van der Waals surface area contributed by atoms with Gasteiger partial charge in [0.1, 0.15) is 18.0 Å². The molecule has 8 rings (SSSR count). The highest BCUT2D eigenvalue weighted by atomic mass is 16.5. The Balaban J connectivity index is 1.09. The lowest BCUT2D eigenvalue weighted by Gasteiger charge is -2.30. The molecule has 3 amide bonds. The Bertz CT molecular complexity index is 2090. The Kier molecular flexibility index (Phi) is 8.55. The molecular formula is C40H38N6O5. The van der Waals surface area contributed by atoms with Crippen LogP contribution in [0.1, 0.15) is 50.3 Å². The molecule has 1 aliphatic carbocycles. The first-order chi connectivity index (χ1) is 24.9. The normalized spacial score (nSPS) is 23.2. The largest absolute Gasteiger partial charge is 0.494 e. The fourth-order valence-corrected chi connectivity index (χ4v) is 7.70. The minimum absolute atomic E-state index is 0.0286. The number of fused-ring (bicyclic) bond motifs is 3. The van der Waals surface area contributed by atoms with Crippen molar-refractivity contribution in [3.8, 4) is 11.5 Å². The summed E-state index contributed by atoms with van der Waals surface area (Å²) < 4.78 is 11.3. The van der Waals surface area contributed by atoms with Crippen molar-refractivity contribution in [2.45, 2.75) is 51.2 Å². The van der Waals surface area contributed by atoms with Gasteiger partial charge >= 0.3 is 0 Å². The molecule has 4 atom stereocenters. The van der Waals surface area contributed by atoms with E-state index in [0.29, 0.717) is 18.9 Å². The van der Waals surface area contributed by atoms with Crippen LogP contribution >= 0.6 is 0 Å². The van der Waals surface area contributed by atoms with Crippen molar-refractivity contribution in [3.63, 3.8) is 0 Å². The zero-order chi connectivity index (χ0) is 35.1. The highest BCUT2D eigenvalue weighted by Gasteiger charge is 2.56. The van der Waals surface area contributed by atoms with Gasteiger partial charge < -0.3 is 9.47 Å². The van der Waals surface area contributed by atoms with E-state index in [1.54, 1.807) is 11.1 Å². The molecule has 11 heteroatoms. The quantitative estimate of drug-likeness (QED) is 0.180. The van der Waals surface area contributed by atoms with Crippen LogP contribution in [0.3, 0.4) is 0 Å². The topological polar surface area (TPSA) is 116 Å². The number of allylic oxidation sites excluding steroid dienone is 1. The van der Waals surface area contributed by atoms with E-state index in [2.05, 4.69) is 16.4 Å². The third-order valence-corrected chi connectivity index (χ3v) is 9.98. The van der Waals surface area contributed by atoms with E-state index in [0.717, 1.165) is 63.9 Å². The molecule has 0 bridgehead atoms. The Morgan fingerprint density at radius 3 is 2.29 bits per heavy atom. The summed E-state index contributed by atoms with van der Waals surface area (Å²) in [6.07, 6.45) is 4.80. The van der Waals surface area contributed by atoms with Gasteiger partial charge in [0.2, 0.25) is 0 Å². The fourth-order valence-electron chi connectivity index (χ4n) is 7.70. The van der Waals surface area contributed by atoms with Crippen molar-refractivity contribution in [2.24, 2.45) is 21.4 Å². The molecule has 11 nitrogen and oxygen atoms in total. The fraction of sp³-hybridized carbons (Fsp3) is 0.300. The van der Waals surface area contributed by atoms with Gasteiger partial charge in [-0.15, -0.1) is 0 Å². The number of benzene rings is 4. The first-order valence-corrected chi connectivity index (χ1v) is 17.5. The number of ether oxygens (including phenoxy) is 2. The van der Waals surface area contributed by atoms with Crippen molar-refractivity contribution in [2.75, 3.05) is 24.7 Å². The van der Waals surface area contributed by atoms with E-state index >= 15 is 0 Å². The first-order valence-electron chi connectivity index (χ1n) is 17.5. The average Bonchev–Trinajstić information content (AvgIpc) is 3.82. The number of hydrogen-bond donors (Lipinski definition) is 0. The molecule has 1 saturated carbocycles. The summed E-state index contributed by atoms with van der Waals surface area (Å²) in [5.41, 5.74) is 4.44. The van der Waals surface area contributed by atoms with Crippen molar-refractivity contribution in [1.82, 2.24) is 10.0 Å². The molecule has 0 N–H and O–H groups in total. The van der Waals surface area contributed by atoms with Crippen LogP contribution in [0, 0.1) is 5.92 Å². The van der Waals surface area contributed by atoms with Crippen molar-refractivity contribution >= 4 is 46.0 Å². The van der Waals surface area contributed by atoms with Crippen LogP contribution in [-0.2, 0) is 14.4 Å². The van der Waals surface area contributed by atoms with Crippen LogP contribution in [0.2, 0.25) is 0 Å². The SMILES string of the molecule is CCOc1ccc(/C=C2\CCC[C@H]3C2=NN(C(=O)CN2N=N[C@@H]4C(=O)N(c5cccc6ccccc56)C(=O)[C@@H]42)[C@@H]3c2ccc(OCC)cc2)cc1. The summed E-state index contributed by atoms with van der Waals surface area (Å²) in [5, 5.41) is 18.0. The summed E-state index contributed by atoms with van der Waals surface area (Å²) in [5.74, 6) is 0.295. The molecule has 4 aromatic carbocycles. The first kappa shape index (κ1) is 32.4. The lowest BCUT2D eigenvalue weighted by Crippen LogP contribution is -2.45. The molecule has 0 spiro atoms. The number of carbonyl (C=O) groups is 3. The molecule has 4 aliphatic rings. The van der Waals surface area contributed by atoms with Gasteiger partial charge in [0.25, 0.3) is 17.7 Å². The summed E-state index contributed by atoms with van der Waals surface area (Å²) in [6.45, 7) is 4.79. The summed E-state index contributed by atoms with van der Waals surface area (Å²) in [6, 6.07) is 26.5. The van der Waals surface area contributed by atoms with Gasteiger partial charge in [-0.1, -0.05) is 65.9 Å². The number of rotatable bonds is 9. The van der Waals surface area contributed by atoms with E-state index in [1.165, 1.54) is 9.91 Å². The second-order valence-electron chi connectivity index (χ2n) is 13.0. The third kappa shape index (κ3) is 5.82. The molecule has 3 aliphatic heterocycles. The van der Waals surface area contributed by atoms with Gasteiger partial charge in [-0.05, 0) is 91.6 Å².